The largest absolute Gasteiger partial charge is 0.361 e. The van der Waals surface area contributed by atoms with Crippen LogP contribution in [0.5, 0.6) is 0 Å². The molecule has 0 saturated heterocycles. The van der Waals surface area contributed by atoms with Gasteiger partial charge in [0, 0.05) is 23.0 Å². The van der Waals surface area contributed by atoms with Crippen LogP contribution in [-0.4, -0.2) is 11.6 Å². The predicted molar refractivity (Wildman–Crippen MR) is 88.8 cm³/mol. The predicted octanol–water partition coefficient (Wildman–Crippen LogP) is 3.52. The van der Waals surface area contributed by atoms with Gasteiger partial charge in [-0.1, -0.05) is 54.6 Å². The van der Waals surface area contributed by atoms with Crippen LogP contribution in [0.15, 0.2) is 84.1 Å². The Labute approximate surface area is 133 Å². The average Bonchev–Trinajstić information content (AvgIpc) is 2.87. The number of carbonyl (C=O) groups is 2. The van der Waals surface area contributed by atoms with Gasteiger partial charge in [0.25, 0.3) is 0 Å². The van der Waals surface area contributed by atoms with Crippen LogP contribution in [0.25, 0.3) is 5.70 Å². The van der Waals surface area contributed by atoms with Gasteiger partial charge < -0.3 is 5.32 Å². The molecule has 2 aromatic carbocycles. The Balaban J connectivity index is 1.84. The van der Waals surface area contributed by atoms with E-state index in [-0.39, 0.29) is 17.1 Å². The minimum Gasteiger partial charge on any atom is -0.361 e. The first kappa shape index (κ1) is 13.5. The third kappa shape index (κ3) is 2.14. The molecule has 0 radical (unpaired) electrons. The number of nitrogens with one attached hydrogen (secondary N) is 1. The maximum atomic E-state index is 12.6. The van der Waals surface area contributed by atoms with Crippen molar-refractivity contribution in [1.82, 2.24) is 5.32 Å². The lowest BCUT2D eigenvalue weighted by atomic mass is 9.99. The highest BCUT2D eigenvalue weighted by Gasteiger charge is 2.34. The zero-order valence-corrected chi connectivity index (χ0v) is 12.2. The molecule has 1 N–H and O–H groups in total. The van der Waals surface area contributed by atoms with E-state index >= 15 is 0 Å². The first-order valence-electron chi connectivity index (χ1n) is 7.38. The summed E-state index contributed by atoms with van der Waals surface area (Å²) in [4.78, 5) is 25.2. The second kappa shape index (κ2) is 5.21. The molecule has 3 nitrogen and oxygen atoms in total. The summed E-state index contributed by atoms with van der Waals surface area (Å²) in [6.45, 7) is 0. The van der Waals surface area contributed by atoms with Crippen LogP contribution in [0, 0.1) is 0 Å². The van der Waals surface area contributed by atoms with Crippen molar-refractivity contribution in [3.8, 4) is 0 Å². The summed E-state index contributed by atoms with van der Waals surface area (Å²) in [7, 11) is 0. The van der Waals surface area contributed by atoms with Crippen molar-refractivity contribution < 1.29 is 9.59 Å². The van der Waals surface area contributed by atoms with Crippen molar-refractivity contribution in [3.05, 3.63) is 101 Å². The van der Waals surface area contributed by atoms with E-state index in [1.165, 1.54) is 0 Å². The number of dihydropyridines is 1. The fraction of sp³-hybridized carbons (Fsp3) is 0. The third-order valence-corrected chi connectivity index (χ3v) is 4.05. The molecule has 1 heterocycles. The lowest BCUT2D eigenvalue weighted by molar-refractivity contribution is 0.0988. The molecule has 110 valence electrons. The molecule has 3 heteroatoms. The Morgan fingerprint density at radius 1 is 0.739 bits per heavy atom. The lowest BCUT2D eigenvalue weighted by Gasteiger charge is -2.13. The Morgan fingerprint density at radius 2 is 1.35 bits per heavy atom. The molecular formula is C20H13NO2. The number of hydrogen-bond acceptors (Lipinski definition) is 3. The van der Waals surface area contributed by atoms with Crippen LogP contribution in [0.4, 0.5) is 0 Å². The molecule has 2 aromatic rings. The van der Waals surface area contributed by atoms with Gasteiger partial charge in [-0.3, -0.25) is 9.59 Å². The van der Waals surface area contributed by atoms with E-state index < -0.39 is 0 Å². The Bertz CT molecular complexity index is 881. The van der Waals surface area contributed by atoms with Gasteiger partial charge in [0.15, 0.2) is 11.6 Å². The van der Waals surface area contributed by atoms with Crippen molar-refractivity contribution in [2.45, 2.75) is 0 Å². The third-order valence-electron chi connectivity index (χ3n) is 4.05. The van der Waals surface area contributed by atoms with Crippen LogP contribution in [0.2, 0.25) is 0 Å². The summed E-state index contributed by atoms with van der Waals surface area (Å²) in [6, 6.07) is 16.8. The topological polar surface area (TPSA) is 46.2 Å². The number of fused-ring (bicyclic) bond motifs is 1. The summed E-state index contributed by atoms with van der Waals surface area (Å²) in [6.07, 6.45) is 5.38. The zero-order valence-electron chi connectivity index (χ0n) is 12.2. The quantitative estimate of drug-likeness (QED) is 0.647. The van der Waals surface area contributed by atoms with Crippen LogP contribution >= 0.6 is 0 Å². The average molecular weight is 299 g/mol. The number of hydrogen-bond donors (Lipinski definition) is 1. The Morgan fingerprint density at radius 3 is 2.00 bits per heavy atom. The minimum atomic E-state index is -0.198. The standard InChI is InChI=1S/C20H13NO2/c22-19-15-8-4-5-9-16(15)20(23)18(19)14-10-11-21-17(12-14)13-6-2-1-3-7-13/h1-12,21H. The van der Waals surface area contributed by atoms with Crippen molar-refractivity contribution in [3.63, 3.8) is 0 Å². The van der Waals surface area contributed by atoms with E-state index in [0.29, 0.717) is 16.7 Å². The first-order chi connectivity index (χ1) is 11.3. The summed E-state index contributed by atoms with van der Waals surface area (Å²) in [5, 5.41) is 3.16. The molecule has 0 saturated carbocycles. The molecule has 0 bridgehead atoms. The molecule has 2 aliphatic rings. The van der Waals surface area contributed by atoms with E-state index in [1.807, 2.05) is 36.4 Å². The van der Waals surface area contributed by atoms with Gasteiger partial charge in [-0.25, -0.2) is 0 Å². The van der Waals surface area contributed by atoms with Crippen molar-refractivity contribution in [2.75, 3.05) is 0 Å². The van der Waals surface area contributed by atoms with Gasteiger partial charge in [-0.15, -0.1) is 0 Å². The highest BCUT2D eigenvalue weighted by Crippen LogP contribution is 2.31. The van der Waals surface area contributed by atoms with Gasteiger partial charge in [0.05, 0.1) is 5.57 Å². The van der Waals surface area contributed by atoms with Gasteiger partial charge in [-0.05, 0) is 23.3 Å². The Hall–Kier alpha value is -3.20. The summed E-state index contributed by atoms with van der Waals surface area (Å²) >= 11 is 0. The summed E-state index contributed by atoms with van der Waals surface area (Å²) < 4.78 is 0. The van der Waals surface area contributed by atoms with Crippen LogP contribution in [0.3, 0.4) is 0 Å². The van der Waals surface area contributed by atoms with E-state index in [4.69, 9.17) is 0 Å². The second-order valence-electron chi connectivity index (χ2n) is 5.44. The van der Waals surface area contributed by atoms with Crippen LogP contribution in [0.1, 0.15) is 26.3 Å². The van der Waals surface area contributed by atoms with Gasteiger partial charge in [0.2, 0.25) is 0 Å². The molecule has 0 aromatic heterocycles. The number of carbonyl (C=O) groups excluding carboxylic acids is 2. The summed E-state index contributed by atoms with van der Waals surface area (Å²) in [5.41, 5.74) is 3.74. The number of ketones is 2. The number of benzene rings is 2. The second-order valence-corrected chi connectivity index (χ2v) is 5.44. The molecule has 1 aliphatic heterocycles. The number of rotatable bonds is 1. The van der Waals surface area contributed by atoms with Gasteiger partial charge >= 0.3 is 0 Å². The molecular weight excluding hydrogens is 286 g/mol. The molecule has 0 unspecified atom stereocenters. The smallest absolute Gasteiger partial charge is 0.198 e. The lowest BCUT2D eigenvalue weighted by Crippen LogP contribution is -2.11. The first-order valence-corrected chi connectivity index (χ1v) is 7.38. The number of Topliss-reactive ketones (excluding diaryl/α,β-unsaturated/α-hetero) is 2. The van der Waals surface area contributed by atoms with E-state index in [1.54, 1.807) is 36.5 Å². The highest BCUT2D eigenvalue weighted by atomic mass is 16.2. The van der Waals surface area contributed by atoms with E-state index in [9.17, 15) is 9.59 Å². The van der Waals surface area contributed by atoms with Crippen molar-refractivity contribution in [2.24, 2.45) is 0 Å². The van der Waals surface area contributed by atoms with Gasteiger partial charge in [0.1, 0.15) is 0 Å². The molecule has 1 aliphatic carbocycles. The highest BCUT2D eigenvalue weighted by molar-refractivity contribution is 6.40. The van der Waals surface area contributed by atoms with Crippen molar-refractivity contribution >= 4 is 17.3 Å². The molecule has 23 heavy (non-hydrogen) atoms. The fourth-order valence-corrected chi connectivity index (χ4v) is 2.92. The SMILES string of the molecule is O=C1C(=C2C=CNC(c3ccccc3)=C2)C(=O)c2ccccc21. The number of allylic oxidation sites excluding steroid dienone is 4. The normalized spacial score (nSPS) is 16.3. The maximum Gasteiger partial charge on any atom is 0.198 e. The van der Waals surface area contributed by atoms with Crippen molar-refractivity contribution in [1.29, 1.82) is 0 Å². The van der Waals surface area contributed by atoms with Crippen LogP contribution in [-0.2, 0) is 0 Å². The molecule has 0 fully saturated rings. The maximum absolute atomic E-state index is 12.6. The van der Waals surface area contributed by atoms with E-state index in [0.717, 1.165) is 11.3 Å². The molecule has 0 amide bonds. The van der Waals surface area contributed by atoms with Gasteiger partial charge in [-0.2, -0.15) is 0 Å². The molecule has 0 spiro atoms. The summed E-state index contributed by atoms with van der Waals surface area (Å²) in [5.74, 6) is -0.397. The Kier molecular flexibility index (Phi) is 3.05. The van der Waals surface area contributed by atoms with E-state index in [2.05, 4.69) is 5.32 Å². The monoisotopic (exact) mass is 299 g/mol. The minimum absolute atomic E-state index is 0.198. The molecule has 4 rings (SSSR count). The molecule has 0 atom stereocenters. The van der Waals surface area contributed by atoms with Crippen LogP contribution < -0.4 is 5.32 Å². The fourth-order valence-electron chi connectivity index (χ4n) is 2.92. The zero-order chi connectivity index (χ0) is 15.8.